The van der Waals surface area contributed by atoms with Gasteiger partial charge in [-0.25, -0.2) is 0 Å². The van der Waals surface area contributed by atoms with Crippen molar-refractivity contribution in [2.24, 2.45) is 10.8 Å². The summed E-state index contributed by atoms with van der Waals surface area (Å²) in [7, 11) is 2.28. The summed E-state index contributed by atoms with van der Waals surface area (Å²) in [5.41, 5.74) is 13.5. The standard InChI is InChI=1S/C32H49NSi/c1-24(2)34(25(3)4,26(5)6)22-21-29(32(10,11)12)23-28(31(7,8)9)18-15-27-16-19-30(20-17-27)33(13)14/h16-17,19-20,24-26H,1-14H3. The molecule has 0 bridgehead atoms. The Kier molecular flexibility index (Phi) is 10.1. The lowest BCUT2D eigenvalue weighted by atomic mass is 9.83. The normalized spacial score (nSPS) is 12.0. The highest BCUT2D eigenvalue weighted by Crippen LogP contribution is 2.41. The van der Waals surface area contributed by atoms with Gasteiger partial charge < -0.3 is 4.90 Å². The fourth-order valence-electron chi connectivity index (χ4n) is 4.52. The van der Waals surface area contributed by atoms with E-state index in [2.05, 4.69) is 155 Å². The molecule has 1 aromatic rings. The van der Waals surface area contributed by atoms with Gasteiger partial charge in [0.15, 0.2) is 0 Å². The summed E-state index contributed by atoms with van der Waals surface area (Å²) in [5, 5.41) is 0. The molecule has 0 aliphatic rings. The van der Waals surface area contributed by atoms with Crippen LogP contribution in [0.5, 0.6) is 0 Å². The maximum Gasteiger partial charge on any atom is 0.146 e. The highest BCUT2D eigenvalue weighted by molar-refractivity contribution is 6.90. The van der Waals surface area contributed by atoms with Gasteiger partial charge in [0.1, 0.15) is 8.07 Å². The van der Waals surface area contributed by atoms with Crippen molar-refractivity contribution in [1.29, 1.82) is 0 Å². The van der Waals surface area contributed by atoms with Crippen LogP contribution in [0.3, 0.4) is 0 Å². The number of rotatable bonds is 4. The topological polar surface area (TPSA) is 3.24 Å². The van der Waals surface area contributed by atoms with Crippen LogP contribution in [-0.2, 0) is 0 Å². The van der Waals surface area contributed by atoms with E-state index in [9.17, 15) is 0 Å². The number of anilines is 1. The molecule has 0 spiro atoms. The van der Waals surface area contributed by atoms with Crippen LogP contribution in [0.15, 0.2) is 41.1 Å². The summed E-state index contributed by atoms with van der Waals surface area (Å²) >= 11 is 0. The Morgan fingerprint density at radius 3 is 1.47 bits per heavy atom. The third-order valence-electron chi connectivity index (χ3n) is 6.74. The molecule has 0 unspecified atom stereocenters. The van der Waals surface area contributed by atoms with Crippen molar-refractivity contribution >= 4 is 13.8 Å². The van der Waals surface area contributed by atoms with Gasteiger partial charge in [0.05, 0.1) is 5.57 Å². The van der Waals surface area contributed by atoms with E-state index in [0.29, 0.717) is 16.6 Å². The summed E-state index contributed by atoms with van der Waals surface area (Å²) in [6.07, 6.45) is 0. The molecule has 34 heavy (non-hydrogen) atoms. The molecule has 0 N–H and O–H groups in total. The van der Waals surface area contributed by atoms with Gasteiger partial charge in [0.2, 0.25) is 0 Å². The summed E-state index contributed by atoms with van der Waals surface area (Å²) < 4.78 is 0. The quantitative estimate of drug-likeness (QED) is 0.239. The molecule has 1 nitrogen and oxygen atoms in total. The minimum atomic E-state index is -1.82. The molecule has 0 aromatic heterocycles. The summed E-state index contributed by atoms with van der Waals surface area (Å²) in [5.74, 6) is 10.5. The molecule has 0 amide bonds. The first kappa shape index (κ1) is 29.9. The van der Waals surface area contributed by atoms with Crippen LogP contribution in [-0.4, -0.2) is 22.2 Å². The first-order valence-electron chi connectivity index (χ1n) is 12.8. The maximum absolute atomic E-state index is 3.91. The Morgan fingerprint density at radius 1 is 0.706 bits per heavy atom. The lowest BCUT2D eigenvalue weighted by molar-refractivity contribution is 0.509. The van der Waals surface area contributed by atoms with E-state index in [1.165, 1.54) is 5.69 Å². The van der Waals surface area contributed by atoms with Gasteiger partial charge in [-0.15, -0.1) is 5.54 Å². The maximum atomic E-state index is 3.91. The number of hydrogen-bond donors (Lipinski definition) is 0. The smallest absolute Gasteiger partial charge is 0.146 e. The SMILES string of the molecule is CC(C)[Si](C#CC(=C=C(C#Cc1ccc(N(C)C)cc1)C(C)(C)C)C(C)(C)C)(C(C)C)C(C)C. The summed E-state index contributed by atoms with van der Waals surface area (Å²) in [4.78, 5) is 2.10. The van der Waals surface area contributed by atoms with Crippen LogP contribution >= 0.6 is 0 Å². The van der Waals surface area contributed by atoms with Gasteiger partial charge in [-0.05, 0) is 40.9 Å². The first-order valence-corrected chi connectivity index (χ1v) is 15.0. The van der Waals surface area contributed by atoms with Gasteiger partial charge in [0, 0.05) is 41.7 Å². The molecule has 0 heterocycles. The molecule has 0 atom stereocenters. The van der Waals surface area contributed by atoms with E-state index >= 15 is 0 Å². The Labute approximate surface area is 213 Å². The number of benzene rings is 1. The van der Waals surface area contributed by atoms with Crippen molar-refractivity contribution in [3.05, 3.63) is 46.7 Å². The zero-order chi connectivity index (χ0) is 26.5. The van der Waals surface area contributed by atoms with Gasteiger partial charge in [-0.2, -0.15) is 0 Å². The summed E-state index contributed by atoms with van der Waals surface area (Å²) in [6.45, 7) is 27.5. The fraction of sp³-hybridized carbons (Fsp3) is 0.594. The molecular formula is C32H49NSi. The van der Waals surface area contributed by atoms with Crippen LogP contribution < -0.4 is 4.90 Å². The molecule has 2 heteroatoms. The molecule has 0 fully saturated rings. The van der Waals surface area contributed by atoms with E-state index in [0.717, 1.165) is 16.7 Å². The second kappa shape index (κ2) is 11.5. The number of nitrogens with zero attached hydrogens (tertiary/aromatic N) is 1. The van der Waals surface area contributed by atoms with Crippen molar-refractivity contribution in [3.63, 3.8) is 0 Å². The second-order valence-corrected chi connectivity index (χ2v) is 18.3. The molecule has 0 saturated heterocycles. The van der Waals surface area contributed by atoms with Crippen molar-refractivity contribution in [2.45, 2.75) is 99.7 Å². The third kappa shape index (κ3) is 7.70. The average molecular weight is 476 g/mol. The lowest BCUT2D eigenvalue weighted by Crippen LogP contribution is -2.43. The van der Waals surface area contributed by atoms with Gasteiger partial charge >= 0.3 is 0 Å². The predicted octanol–water partition coefficient (Wildman–Crippen LogP) is 8.87. The van der Waals surface area contributed by atoms with Crippen molar-refractivity contribution in [1.82, 2.24) is 0 Å². The fourth-order valence-corrected chi connectivity index (χ4v) is 9.73. The largest absolute Gasteiger partial charge is 0.378 e. The van der Waals surface area contributed by atoms with Crippen LogP contribution in [0.4, 0.5) is 5.69 Å². The zero-order valence-corrected chi connectivity index (χ0v) is 25.5. The van der Waals surface area contributed by atoms with Crippen LogP contribution in [0, 0.1) is 34.1 Å². The first-order chi connectivity index (χ1) is 15.4. The molecule has 1 rings (SSSR count). The predicted molar refractivity (Wildman–Crippen MR) is 156 cm³/mol. The molecule has 0 aliphatic heterocycles. The Morgan fingerprint density at radius 2 is 1.12 bits per heavy atom. The highest BCUT2D eigenvalue weighted by atomic mass is 28.3. The monoisotopic (exact) mass is 475 g/mol. The van der Waals surface area contributed by atoms with Crippen LogP contribution in [0.2, 0.25) is 16.6 Å². The Bertz CT molecular complexity index is 986. The molecule has 0 radical (unpaired) electrons. The summed E-state index contributed by atoms with van der Waals surface area (Å²) in [6, 6.07) is 8.40. The number of hydrogen-bond acceptors (Lipinski definition) is 1. The van der Waals surface area contributed by atoms with E-state index in [1.54, 1.807) is 0 Å². The van der Waals surface area contributed by atoms with E-state index in [4.69, 9.17) is 0 Å². The zero-order valence-electron chi connectivity index (χ0n) is 24.5. The molecule has 1 aromatic carbocycles. The van der Waals surface area contributed by atoms with Crippen molar-refractivity contribution in [3.8, 4) is 23.3 Å². The Balaban J connectivity index is 3.79. The highest BCUT2D eigenvalue weighted by Gasteiger charge is 2.41. The van der Waals surface area contributed by atoms with Crippen LogP contribution in [0.25, 0.3) is 0 Å². The molecular weight excluding hydrogens is 426 g/mol. The van der Waals surface area contributed by atoms with Crippen molar-refractivity contribution < 1.29 is 0 Å². The minimum absolute atomic E-state index is 0.0936. The van der Waals surface area contributed by atoms with Gasteiger partial charge in [0.25, 0.3) is 0 Å². The van der Waals surface area contributed by atoms with Gasteiger partial charge in [-0.3, -0.25) is 0 Å². The third-order valence-corrected chi connectivity index (χ3v) is 13.0. The molecule has 0 saturated carbocycles. The van der Waals surface area contributed by atoms with Crippen LogP contribution in [0.1, 0.15) is 88.6 Å². The minimum Gasteiger partial charge on any atom is -0.378 e. The van der Waals surface area contributed by atoms with E-state index in [-0.39, 0.29) is 10.8 Å². The molecule has 186 valence electrons. The molecule has 0 aliphatic carbocycles. The van der Waals surface area contributed by atoms with Crippen molar-refractivity contribution in [2.75, 3.05) is 19.0 Å². The van der Waals surface area contributed by atoms with Gasteiger partial charge in [-0.1, -0.05) is 107 Å². The van der Waals surface area contributed by atoms with E-state index in [1.807, 2.05) is 0 Å². The average Bonchev–Trinajstić information content (AvgIpc) is 2.67. The number of allylic oxidation sites excluding steroid dienone is 1. The Hall–Kier alpha value is -2.12. The second-order valence-electron chi connectivity index (χ2n) is 12.7. The lowest BCUT2D eigenvalue weighted by Gasteiger charge is -2.38. The van der Waals surface area contributed by atoms with E-state index < -0.39 is 8.07 Å².